The Balaban J connectivity index is 2.29. The van der Waals surface area contributed by atoms with Gasteiger partial charge in [-0.15, -0.1) is 0 Å². The van der Waals surface area contributed by atoms with Crippen LogP contribution in [0.4, 0.5) is 5.69 Å². The van der Waals surface area contributed by atoms with E-state index in [-0.39, 0.29) is 11.4 Å². The molecule has 0 aliphatic carbocycles. The Bertz CT molecular complexity index is 835. The highest BCUT2D eigenvalue weighted by molar-refractivity contribution is 5.82. The minimum atomic E-state index is -0.566. The molecule has 106 valence electrons. The number of para-hydroxylation sites is 2. The number of nitrogens with zero attached hydrogens (tertiary/aromatic N) is 2. The van der Waals surface area contributed by atoms with Crippen molar-refractivity contribution in [2.45, 2.75) is 13.8 Å². The molecule has 0 aliphatic rings. The second-order valence-electron chi connectivity index (χ2n) is 4.92. The highest BCUT2D eigenvalue weighted by Gasteiger charge is 2.24. The third kappa shape index (κ3) is 2.01. The van der Waals surface area contributed by atoms with Gasteiger partial charge in [-0.25, -0.2) is 4.98 Å². The van der Waals surface area contributed by atoms with Crippen molar-refractivity contribution in [2.75, 3.05) is 0 Å². The first-order valence-corrected chi connectivity index (χ1v) is 6.41. The molecule has 0 aliphatic heterocycles. The Kier molecular flexibility index (Phi) is 2.86. The average molecular weight is 283 g/mol. The third-order valence-corrected chi connectivity index (χ3v) is 3.61. The lowest BCUT2D eigenvalue weighted by atomic mass is 10.0. The van der Waals surface area contributed by atoms with Crippen LogP contribution in [0.2, 0.25) is 0 Å². The molecule has 6 heteroatoms. The number of hydrogen-bond acceptors (Lipinski definition) is 4. The van der Waals surface area contributed by atoms with Gasteiger partial charge >= 0.3 is 5.69 Å². The van der Waals surface area contributed by atoms with Crippen molar-refractivity contribution in [1.82, 2.24) is 9.97 Å². The Labute approximate surface area is 120 Å². The summed E-state index contributed by atoms with van der Waals surface area (Å²) >= 11 is 0. The van der Waals surface area contributed by atoms with Gasteiger partial charge in [0.25, 0.3) is 0 Å². The molecule has 21 heavy (non-hydrogen) atoms. The summed E-state index contributed by atoms with van der Waals surface area (Å²) in [6.07, 6.45) is 0. The lowest BCUT2D eigenvalue weighted by Crippen LogP contribution is -1.97. The minimum Gasteiger partial charge on any atom is -0.502 e. The van der Waals surface area contributed by atoms with Crippen molar-refractivity contribution in [3.63, 3.8) is 0 Å². The summed E-state index contributed by atoms with van der Waals surface area (Å²) in [6.45, 7) is 3.39. The quantitative estimate of drug-likeness (QED) is 0.556. The second-order valence-corrected chi connectivity index (χ2v) is 4.92. The number of imidazole rings is 1. The molecule has 0 unspecified atom stereocenters. The number of hydrogen-bond donors (Lipinski definition) is 2. The standard InChI is InChI=1S/C15H13N3O3/c1-8-7-10(14(19)13(9(8)2)18(20)21)15-16-11-5-3-4-6-12(11)17-15/h3-7,19H,1-2H3,(H,16,17). The normalized spacial score (nSPS) is 11.0. The molecule has 0 atom stereocenters. The lowest BCUT2D eigenvalue weighted by Gasteiger charge is -2.08. The summed E-state index contributed by atoms with van der Waals surface area (Å²) < 4.78 is 0. The van der Waals surface area contributed by atoms with Crippen LogP contribution in [-0.2, 0) is 0 Å². The number of aryl methyl sites for hydroxylation is 1. The number of benzene rings is 2. The number of nitro benzene ring substituents is 1. The van der Waals surface area contributed by atoms with E-state index in [0.717, 1.165) is 16.6 Å². The Morgan fingerprint density at radius 3 is 2.67 bits per heavy atom. The van der Waals surface area contributed by atoms with Gasteiger partial charge in [0.2, 0.25) is 5.75 Å². The fourth-order valence-corrected chi connectivity index (χ4v) is 2.37. The zero-order valence-electron chi connectivity index (χ0n) is 11.5. The van der Waals surface area contributed by atoms with Gasteiger partial charge in [-0.1, -0.05) is 12.1 Å². The Morgan fingerprint density at radius 1 is 1.29 bits per heavy atom. The topological polar surface area (TPSA) is 92.0 Å². The van der Waals surface area contributed by atoms with E-state index in [9.17, 15) is 15.2 Å². The average Bonchev–Trinajstić information content (AvgIpc) is 2.86. The smallest absolute Gasteiger partial charge is 0.314 e. The van der Waals surface area contributed by atoms with E-state index in [1.54, 1.807) is 19.9 Å². The number of H-pyrrole nitrogens is 1. The zero-order chi connectivity index (χ0) is 15.1. The van der Waals surface area contributed by atoms with E-state index in [1.807, 2.05) is 24.3 Å². The van der Waals surface area contributed by atoms with Crippen molar-refractivity contribution >= 4 is 16.7 Å². The largest absolute Gasteiger partial charge is 0.502 e. The highest BCUT2D eigenvalue weighted by atomic mass is 16.6. The zero-order valence-corrected chi connectivity index (χ0v) is 11.5. The van der Waals surface area contributed by atoms with Crippen LogP contribution in [0.3, 0.4) is 0 Å². The van der Waals surface area contributed by atoms with Crippen molar-refractivity contribution in [3.05, 3.63) is 51.6 Å². The number of phenolic OH excluding ortho intramolecular Hbond substituents is 1. The number of aromatic hydroxyl groups is 1. The van der Waals surface area contributed by atoms with Crippen LogP contribution in [0.1, 0.15) is 11.1 Å². The molecule has 0 saturated heterocycles. The Hall–Kier alpha value is -2.89. The van der Waals surface area contributed by atoms with E-state index in [4.69, 9.17) is 0 Å². The molecule has 3 rings (SSSR count). The molecule has 0 fully saturated rings. The van der Waals surface area contributed by atoms with Crippen molar-refractivity contribution in [2.24, 2.45) is 0 Å². The molecule has 2 aromatic carbocycles. The maximum Gasteiger partial charge on any atom is 0.314 e. The highest BCUT2D eigenvalue weighted by Crippen LogP contribution is 2.40. The number of fused-ring (bicyclic) bond motifs is 1. The molecule has 2 N–H and O–H groups in total. The fourth-order valence-electron chi connectivity index (χ4n) is 2.37. The van der Waals surface area contributed by atoms with Crippen LogP contribution in [-0.4, -0.2) is 20.0 Å². The number of nitrogens with one attached hydrogen (secondary N) is 1. The van der Waals surface area contributed by atoms with Crippen LogP contribution >= 0.6 is 0 Å². The molecule has 3 aromatic rings. The number of phenols is 1. The van der Waals surface area contributed by atoms with E-state index >= 15 is 0 Å². The van der Waals surface area contributed by atoms with Gasteiger partial charge in [-0.05, 0) is 37.6 Å². The predicted octanol–water partition coefficient (Wildman–Crippen LogP) is 3.46. The second kappa shape index (κ2) is 4.59. The molecule has 0 radical (unpaired) electrons. The molecule has 6 nitrogen and oxygen atoms in total. The van der Waals surface area contributed by atoms with E-state index < -0.39 is 4.92 Å². The van der Waals surface area contributed by atoms with E-state index in [2.05, 4.69) is 9.97 Å². The summed E-state index contributed by atoms with van der Waals surface area (Å²) in [5.74, 6) is 0.0575. The van der Waals surface area contributed by atoms with Gasteiger partial charge in [0, 0.05) is 5.56 Å². The summed E-state index contributed by atoms with van der Waals surface area (Å²) in [5, 5.41) is 21.4. The molecule has 0 spiro atoms. The fraction of sp³-hybridized carbons (Fsp3) is 0.133. The first kappa shape index (κ1) is 13.1. The van der Waals surface area contributed by atoms with Gasteiger partial charge in [0.15, 0.2) is 0 Å². The summed E-state index contributed by atoms with van der Waals surface area (Å²) in [6, 6.07) is 9.12. The first-order chi connectivity index (χ1) is 9.99. The molecule has 0 bridgehead atoms. The monoisotopic (exact) mass is 283 g/mol. The number of nitro groups is 1. The molecule has 0 saturated carbocycles. The van der Waals surface area contributed by atoms with Crippen LogP contribution in [0, 0.1) is 24.0 Å². The van der Waals surface area contributed by atoms with E-state index in [0.29, 0.717) is 17.0 Å². The molecule has 1 heterocycles. The molecule has 1 aromatic heterocycles. The SMILES string of the molecule is Cc1cc(-c2nc3ccccc3[nH]2)c(O)c([N+](=O)[O-])c1C. The van der Waals surface area contributed by atoms with Crippen LogP contribution in [0.15, 0.2) is 30.3 Å². The lowest BCUT2D eigenvalue weighted by molar-refractivity contribution is -0.386. The van der Waals surface area contributed by atoms with Gasteiger partial charge in [-0.3, -0.25) is 10.1 Å². The van der Waals surface area contributed by atoms with Crippen molar-refractivity contribution < 1.29 is 10.0 Å². The van der Waals surface area contributed by atoms with Crippen LogP contribution in [0.25, 0.3) is 22.4 Å². The van der Waals surface area contributed by atoms with Gasteiger partial charge in [0.05, 0.1) is 21.5 Å². The number of aromatic nitrogens is 2. The summed E-state index contributed by atoms with van der Waals surface area (Å²) in [4.78, 5) is 18.0. The van der Waals surface area contributed by atoms with Gasteiger partial charge < -0.3 is 10.1 Å². The summed E-state index contributed by atoms with van der Waals surface area (Å²) in [5.41, 5.74) is 2.80. The maximum absolute atomic E-state index is 11.2. The predicted molar refractivity (Wildman–Crippen MR) is 79.3 cm³/mol. The summed E-state index contributed by atoms with van der Waals surface area (Å²) in [7, 11) is 0. The van der Waals surface area contributed by atoms with Gasteiger partial charge in [0.1, 0.15) is 5.82 Å². The number of aromatic amines is 1. The van der Waals surface area contributed by atoms with E-state index in [1.165, 1.54) is 0 Å². The molecular weight excluding hydrogens is 270 g/mol. The maximum atomic E-state index is 11.2. The van der Waals surface area contributed by atoms with Crippen molar-refractivity contribution in [3.8, 4) is 17.1 Å². The Morgan fingerprint density at radius 2 is 2.00 bits per heavy atom. The number of rotatable bonds is 2. The molecular formula is C15H13N3O3. The third-order valence-electron chi connectivity index (χ3n) is 3.61. The minimum absolute atomic E-state index is 0.273. The van der Waals surface area contributed by atoms with Gasteiger partial charge in [-0.2, -0.15) is 0 Å². The first-order valence-electron chi connectivity index (χ1n) is 6.41. The van der Waals surface area contributed by atoms with Crippen molar-refractivity contribution in [1.29, 1.82) is 0 Å². The molecule has 0 amide bonds. The van der Waals surface area contributed by atoms with Crippen LogP contribution < -0.4 is 0 Å². The van der Waals surface area contributed by atoms with Crippen LogP contribution in [0.5, 0.6) is 5.75 Å².